The zero-order valence-electron chi connectivity index (χ0n) is 13.0. The second-order valence-electron chi connectivity index (χ2n) is 4.99. The average Bonchev–Trinajstić information content (AvgIpc) is 2.60. The number of amides is 1. The molecule has 1 unspecified atom stereocenters. The first kappa shape index (κ1) is 17.2. The lowest BCUT2D eigenvalue weighted by Gasteiger charge is -2.09. The molecule has 0 aliphatic rings. The molecule has 1 amide bonds. The number of nitriles is 1. The molecule has 0 saturated carbocycles. The van der Waals surface area contributed by atoms with E-state index >= 15 is 0 Å². The second-order valence-corrected chi connectivity index (χ2v) is 4.99. The van der Waals surface area contributed by atoms with Gasteiger partial charge in [-0.25, -0.2) is 4.39 Å². The van der Waals surface area contributed by atoms with E-state index < -0.39 is 23.4 Å². The van der Waals surface area contributed by atoms with Crippen molar-refractivity contribution in [3.05, 3.63) is 65.5 Å². The monoisotopic (exact) mass is 326 g/mol. The molecule has 2 aromatic carbocycles. The molecular formula is C18H15FN2O3. The number of ether oxygens (including phenoxy) is 1. The van der Waals surface area contributed by atoms with Crippen LogP contribution in [0, 0.1) is 23.1 Å². The van der Waals surface area contributed by atoms with Gasteiger partial charge >= 0.3 is 0 Å². The Hall–Kier alpha value is -3.20. The molecule has 0 spiro atoms. The fourth-order valence-electron chi connectivity index (χ4n) is 2.09. The number of carbonyl (C=O) groups is 2. The number of benzene rings is 2. The smallest absolute Gasteiger partial charge is 0.245 e. The molecular weight excluding hydrogens is 311 g/mol. The molecule has 0 saturated heterocycles. The fraction of sp³-hybridized carbons (Fsp3) is 0.167. The maximum atomic E-state index is 13.1. The van der Waals surface area contributed by atoms with E-state index in [0.29, 0.717) is 11.3 Å². The summed E-state index contributed by atoms with van der Waals surface area (Å²) in [5, 5.41) is 11.3. The van der Waals surface area contributed by atoms with Crippen LogP contribution < -0.4 is 10.1 Å². The SMILES string of the molecule is CNC(=O)C(C#N)C(=O)c1cccc(COc2cccc(F)c2)c1. The maximum absolute atomic E-state index is 13.1. The van der Waals surface area contributed by atoms with Gasteiger partial charge in [0.2, 0.25) is 5.91 Å². The number of ketones is 1. The lowest BCUT2D eigenvalue weighted by Crippen LogP contribution is -2.32. The zero-order chi connectivity index (χ0) is 17.5. The Morgan fingerprint density at radius 2 is 2.00 bits per heavy atom. The number of hydrogen-bond acceptors (Lipinski definition) is 4. The summed E-state index contributed by atoms with van der Waals surface area (Å²) in [5.41, 5.74) is 0.907. The topological polar surface area (TPSA) is 79.2 Å². The predicted molar refractivity (Wildman–Crippen MR) is 84.7 cm³/mol. The first-order valence-corrected chi connectivity index (χ1v) is 7.18. The van der Waals surface area contributed by atoms with Crippen molar-refractivity contribution < 1.29 is 18.7 Å². The van der Waals surface area contributed by atoms with Gasteiger partial charge in [0.15, 0.2) is 11.7 Å². The Balaban J connectivity index is 2.12. The van der Waals surface area contributed by atoms with Gasteiger partial charge in [0.25, 0.3) is 0 Å². The van der Waals surface area contributed by atoms with Crippen molar-refractivity contribution in [2.24, 2.45) is 5.92 Å². The summed E-state index contributed by atoms with van der Waals surface area (Å²) in [6.45, 7) is 0.127. The van der Waals surface area contributed by atoms with Gasteiger partial charge in [0, 0.05) is 18.7 Å². The number of Topliss-reactive ketones (excluding diaryl/α,β-unsaturated/α-hetero) is 1. The molecule has 0 fully saturated rings. The summed E-state index contributed by atoms with van der Waals surface area (Å²) < 4.78 is 18.6. The number of carbonyl (C=O) groups excluding carboxylic acids is 2. The van der Waals surface area contributed by atoms with Crippen LogP contribution in [0.5, 0.6) is 5.75 Å². The normalized spacial score (nSPS) is 11.2. The summed E-state index contributed by atoms with van der Waals surface area (Å²) in [5.74, 6) is -2.66. The van der Waals surface area contributed by atoms with E-state index in [2.05, 4.69) is 5.32 Å². The van der Waals surface area contributed by atoms with Crippen LogP contribution in [0.3, 0.4) is 0 Å². The number of nitrogens with one attached hydrogen (secondary N) is 1. The van der Waals surface area contributed by atoms with Crippen molar-refractivity contribution in [1.29, 1.82) is 5.26 Å². The Morgan fingerprint density at radius 3 is 2.67 bits per heavy atom. The Labute approximate surface area is 138 Å². The van der Waals surface area contributed by atoms with Crippen LogP contribution in [0.15, 0.2) is 48.5 Å². The van der Waals surface area contributed by atoms with Crippen LogP contribution >= 0.6 is 0 Å². The van der Waals surface area contributed by atoms with E-state index in [-0.39, 0.29) is 12.2 Å². The van der Waals surface area contributed by atoms with Gasteiger partial charge in [-0.15, -0.1) is 0 Å². The lowest BCUT2D eigenvalue weighted by molar-refractivity contribution is -0.121. The third kappa shape index (κ3) is 4.17. The molecule has 0 aliphatic carbocycles. The van der Waals surface area contributed by atoms with E-state index in [4.69, 9.17) is 10.00 Å². The molecule has 0 aliphatic heterocycles. The lowest BCUT2D eigenvalue weighted by atomic mass is 9.97. The first-order valence-electron chi connectivity index (χ1n) is 7.18. The molecule has 5 nitrogen and oxygen atoms in total. The Kier molecular flexibility index (Phi) is 5.63. The molecule has 122 valence electrons. The maximum Gasteiger partial charge on any atom is 0.245 e. The number of rotatable bonds is 6. The van der Waals surface area contributed by atoms with E-state index in [9.17, 15) is 14.0 Å². The molecule has 6 heteroatoms. The van der Waals surface area contributed by atoms with Gasteiger partial charge in [-0.05, 0) is 23.8 Å². The van der Waals surface area contributed by atoms with Crippen molar-refractivity contribution in [2.45, 2.75) is 6.61 Å². The number of nitrogens with zero attached hydrogens (tertiary/aromatic N) is 1. The highest BCUT2D eigenvalue weighted by atomic mass is 19.1. The largest absolute Gasteiger partial charge is 0.489 e. The van der Waals surface area contributed by atoms with Crippen molar-refractivity contribution in [2.75, 3.05) is 7.05 Å². The van der Waals surface area contributed by atoms with Gasteiger partial charge in [-0.3, -0.25) is 9.59 Å². The molecule has 0 aromatic heterocycles. The van der Waals surface area contributed by atoms with E-state index in [1.165, 1.54) is 31.3 Å². The van der Waals surface area contributed by atoms with Crippen LogP contribution in [0.2, 0.25) is 0 Å². The van der Waals surface area contributed by atoms with Crippen molar-refractivity contribution in [1.82, 2.24) is 5.32 Å². The minimum absolute atomic E-state index is 0.127. The second kappa shape index (κ2) is 7.88. The van der Waals surface area contributed by atoms with Crippen molar-refractivity contribution >= 4 is 11.7 Å². The summed E-state index contributed by atoms with van der Waals surface area (Å²) in [6, 6.07) is 13.9. The first-order chi connectivity index (χ1) is 11.5. The highest BCUT2D eigenvalue weighted by molar-refractivity contribution is 6.12. The van der Waals surface area contributed by atoms with E-state index in [1.807, 2.05) is 0 Å². The minimum Gasteiger partial charge on any atom is -0.489 e. The standard InChI is InChI=1S/C18H15FN2O3/c1-21-18(23)16(10-20)17(22)13-5-2-4-12(8-13)11-24-15-7-3-6-14(19)9-15/h2-9,16H,11H2,1H3,(H,21,23). The molecule has 0 heterocycles. The number of hydrogen-bond donors (Lipinski definition) is 1. The van der Waals surface area contributed by atoms with Crippen LogP contribution in [-0.4, -0.2) is 18.7 Å². The quantitative estimate of drug-likeness (QED) is 0.653. The van der Waals surface area contributed by atoms with E-state index in [0.717, 1.165) is 0 Å². The minimum atomic E-state index is -1.39. The van der Waals surface area contributed by atoms with Gasteiger partial charge in [0.1, 0.15) is 18.2 Å². The molecule has 24 heavy (non-hydrogen) atoms. The van der Waals surface area contributed by atoms with Gasteiger partial charge in [-0.1, -0.05) is 24.3 Å². The Morgan fingerprint density at radius 1 is 1.25 bits per heavy atom. The number of halogens is 1. The third-order valence-corrected chi connectivity index (χ3v) is 3.31. The molecule has 1 N–H and O–H groups in total. The van der Waals surface area contributed by atoms with E-state index in [1.54, 1.807) is 30.3 Å². The summed E-state index contributed by atoms with van der Waals surface area (Å²) in [7, 11) is 1.36. The van der Waals surface area contributed by atoms with Crippen LogP contribution in [0.25, 0.3) is 0 Å². The molecule has 2 aromatic rings. The summed E-state index contributed by atoms with van der Waals surface area (Å²) in [6.07, 6.45) is 0. The average molecular weight is 326 g/mol. The van der Waals surface area contributed by atoms with Crippen LogP contribution in [-0.2, 0) is 11.4 Å². The molecule has 1 atom stereocenters. The van der Waals surface area contributed by atoms with Gasteiger partial charge in [0.05, 0.1) is 6.07 Å². The van der Waals surface area contributed by atoms with Gasteiger partial charge in [-0.2, -0.15) is 5.26 Å². The van der Waals surface area contributed by atoms with Crippen molar-refractivity contribution in [3.8, 4) is 11.8 Å². The van der Waals surface area contributed by atoms with Crippen molar-refractivity contribution in [3.63, 3.8) is 0 Å². The zero-order valence-corrected chi connectivity index (χ0v) is 13.0. The summed E-state index contributed by atoms with van der Waals surface area (Å²) >= 11 is 0. The van der Waals surface area contributed by atoms with Crippen LogP contribution in [0.1, 0.15) is 15.9 Å². The van der Waals surface area contributed by atoms with Gasteiger partial charge < -0.3 is 10.1 Å². The predicted octanol–water partition coefficient (Wildman–Crippen LogP) is 2.47. The molecule has 2 rings (SSSR count). The highest BCUT2D eigenvalue weighted by Crippen LogP contribution is 2.16. The highest BCUT2D eigenvalue weighted by Gasteiger charge is 2.26. The Bertz CT molecular complexity index is 799. The van der Waals surface area contributed by atoms with Crippen LogP contribution in [0.4, 0.5) is 4.39 Å². The summed E-state index contributed by atoms with van der Waals surface area (Å²) in [4.78, 5) is 23.8. The fourth-order valence-corrected chi connectivity index (χ4v) is 2.09. The molecule has 0 bridgehead atoms. The molecule has 0 radical (unpaired) electrons. The third-order valence-electron chi connectivity index (χ3n) is 3.31.